The smallest absolute Gasteiger partial charge is 0.149 e. The van der Waals surface area contributed by atoms with E-state index in [2.05, 4.69) is 33.0 Å². The predicted molar refractivity (Wildman–Crippen MR) is 68.2 cm³/mol. The molecule has 2 nitrogen and oxygen atoms in total. The summed E-state index contributed by atoms with van der Waals surface area (Å²) < 4.78 is 1.09. The van der Waals surface area contributed by atoms with Crippen molar-refractivity contribution >= 4 is 21.7 Å². The van der Waals surface area contributed by atoms with Gasteiger partial charge >= 0.3 is 0 Å². The molecule has 86 valence electrons. The molecule has 3 heteroatoms. The Morgan fingerprint density at radius 1 is 1.38 bits per heavy atom. The molecule has 16 heavy (non-hydrogen) atoms. The molecule has 0 N–H and O–H groups in total. The van der Waals surface area contributed by atoms with Gasteiger partial charge in [-0.1, -0.05) is 28.1 Å². The van der Waals surface area contributed by atoms with Gasteiger partial charge in [-0.15, -0.1) is 0 Å². The Morgan fingerprint density at radius 3 is 2.56 bits per heavy atom. The Labute approximate surface area is 105 Å². The first-order valence-electron chi connectivity index (χ1n) is 5.61. The summed E-state index contributed by atoms with van der Waals surface area (Å²) in [6.07, 6.45) is 2.20. The molecule has 1 fully saturated rings. The van der Waals surface area contributed by atoms with E-state index in [0.29, 0.717) is 18.2 Å². The quantitative estimate of drug-likeness (QED) is 0.827. The Hall–Kier alpha value is -0.670. The van der Waals surface area contributed by atoms with Gasteiger partial charge in [0.15, 0.2) is 0 Å². The molecule has 1 saturated carbocycles. The summed E-state index contributed by atoms with van der Waals surface area (Å²) in [6, 6.07) is 8.24. The normalized spacial score (nSPS) is 15.4. The maximum Gasteiger partial charge on any atom is 0.149 e. The van der Waals surface area contributed by atoms with Gasteiger partial charge in [0.1, 0.15) is 5.78 Å². The predicted octanol–water partition coefficient (Wildman–Crippen LogP) is 2.86. The van der Waals surface area contributed by atoms with Crippen molar-refractivity contribution in [1.29, 1.82) is 0 Å². The molecule has 0 atom stereocenters. The van der Waals surface area contributed by atoms with Gasteiger partial charge in [-0.05, 0) is 37.6 Å². The second-order valence-electron chi connectivity index (χ2n) is 4.54. The van der Waals surface area contributed by atoms with Crippen LogP contribution in [-0.4, -0.2) is 24.3 Å². The monoisotopic (exact) mass is 281 g/mol. The topological polar surface area (TPSA) is 20.3 Å². The van der Waals surface area contributed by atoms with Crippen molar-refractivity contribution in [3.05, 3.63) is 34.3 Å². The first-order chi connectivity index (χ1) is 7.65. The van der Waals surface area contributed by atoms with E-state index in [4.69, 9.17) is 0 Å². The molecule has 0 aliphatic heterocycles. The number of nitrogens with zero attached hydrogens (tertiary/aromatic N) is 1. The summed E-state index contributed by atoms with van der Waals surface area (Å²) in [6.45, 7) is 1.42. The summed E-state index contributed by atoms with van der Waals surface area (Å²) in [7, 11) is 2.00. The average molecular weight is 282 g/mol. The zero-order valence-electron chi connectivity index (χ0n) is 9.45. The summed E-state index contributed by atoms with van der Waals surface area (Å²) in [5, 5.41) is 0. The Balaban J connectivity index is 1.83. The van der Waals surface area contributed by atoms with Crippen molar-refractivity contribution < 1.29 is 4.79 Å². The number of halogens is 1. The minimum Gasteiger partial charge on any atom is -0.298 e. The molecule has 0 unspecified atom stereocenters. The summed E-state index contributed by atoms with van der Waals surface area (Å²) in [5.41, 5.74) is 1.24. The second kappa shape index (κ2) is 5.11. The van der Waals surface area contributed by atoms with Crippen LogP contribution in [0.5, 0.6) is 0 Å². The molecule has 0 aromatic heterocycles. The Morgan fingerprint density at radius 2 is 2.00 bits per heavy atom. The molecule has 1 aliphatic carbocycles. The molecule has 0 spiro atoms. The molecule has 0 bridgehead atoms. The number of ketones is 1. The van der Waals surface area contributed by atoms with E-state index >= 15 is 0 Å². The van der Waals surface area contributed by atoms with Crippen LogP contribution in [0.3, 0.4) is 0 Å². The highest BCUT2D eigenvalue weighted by Gasteiger charge is 2.29. The van der Waals surface area contributed by atoms with Gasteiger partial charge in [-0.25, -0.2) is 0 Å². The molecule has 0 radical (unpaired) electrons. The van der Waals surface area contributed by atoms with Gasteiger partial charge < -0.3 is 0 Å². The first-order valence-corrected chi connectivity index (χ1v) is 6.40. The Bertz CT molecular complexity index is 370. The van der Waals surface area contributed by atoms with E-state index in [9.17, 15) is 4.79 Å². The van der Waals surface area contributed by atoms with Crippen LogP contribution < -0.4 is 0 Å². The van der Waals surface area contributed by atoms with Crippen molar-refractivity contribution in [2.45, 2.75) is 19.4 Å². The fourth-order valence-corrected chi connectivity index (χ4v) is 2.02. The zero-order valence-corrected chi connectivity index (χ0v) is 11.0. The molecule has 1 aromatic carbocycles. The maximum atomic E-state index is 11.6. The Kier molecular flexibility index (Phi) is 3.77. The molecule has 0 saturated heterocycles. The first kappa shape index (κ1) is 11.8. The van der Waals surface area contributed by atoms with Gasteiger partial charge in [0.25, 0.3) is 0 Å². The van der Waals surface area contributed by atoms with Crippen LogP contribution in [0.25, 0.3) is 0 Å². The highest BCUT2D eigenvalue weighted by molar-refractivity contribution is 9.10. The van der Waals surface area contributed by atoms with E-state index in [1.54, 1.807) is 0 Å². The van der Waals surface area contributed by atoms with Crippen LogP contribution in [0.15, 0.2) is 28.7 Å². The van der Waals surface area contributed by atoms with Gasteiger partial charge in [0, 0.05) is 16.9 Å². The van der Waals surface area contributed by atoms with Crippen molar-refractivity contribution in [2.24, 2.45) is 5.92 Å². The van der Waals surface area contributed by atoms with E-state index in [1.165, 1.54) is 5.56 Å². The molecular formula is C13H16BrNO. The molecule has 2 rings (SSSR count). The highest BCUT2D eigenvalue weighted by atomic mass is 79.9. The zero-order chi connectivity index (χ0) is 11.5. The van der Waals surface area contributed by atoms with Gasteiger partial charge in [0.05, 0.1) is 6.54 Å². The fourth-order valence-electron chi connectivity index (χ4n) is 1.76. The molecule has 1 aromatic rings. The van der Waals surface area contributed by atoms with Gasteiger partial charge in [0.2, 0.25) is 0 Å². The molecule has 0 amide bonds. The maximum absolute atomic E-state index is 11.6. The summed E-state index contributed by atoms with van der Waals surface area (Å²) >= 11 is 3.41. The molecule has 0 heterocycles. The number of hydrogen-bond acceptors (Lipinski definition) is 2. The van der Waals surface area contributed by atoms with Crippen molar-refractivity contribution in [3.8, 4) is 0 Å². The minimum absolute atomic E-state index is 0.368. The van der Waals surface area contributed by atoms with Gasteiger partial charge in [-0.2, -0.15) is 0 Å². The second-order valence-corrected chi connectivity index (χ2v) is 5.46. The summed E-state index contributed by atoms with van der Waals surface area (Å²) in [5.74, 6) is 0.770. The van der Waals surface area contributed by atoms with Crippen molar-refractivity contribution in [3.63, 3.8) is 0 Å². The van der Waals surface area contributed by atoms with Crippen LogP contribution in [0, 0.1) is 5.92 Å². The summed E-state index contributed by atoms with van der Waals surface area (Å²) in [4.78, 5) is 13.7. The number of rotatable bonds is 5. The lowest BCUT2D eigenvalue weighted by Crippen LogP contribution is -2.26. The largest absolute Gasteiger partial charge is 0.298 e. The number of likely N-dealkylation sites (N-methyl/N-ethyl adjacent to an activating group) is 1. The highest BCUT2D eigenvalue weighted by Crippen LogP contribution is 2.29. The van der Waals surface area contributed by atoms with Crippen LogP contribution in [0.1, 0.15) is 18.4 Å². The van der Waals surface area contributed by atoms with Gasteiger partial charge in [-0.3, -0.25) is 9.69 Å². The van der Waals surface area contributed by atoms with E-state index < -0.39 is 0 Å². The van der Waals surface area contributed by atoms with Crippen LogP contribution >= 0.6 is 15.9 Å². The number of hydrogen-bond donors (Lipinski definition) is 0. The third-order valence-electron chi connectivity index (χ3n) is 2.82. The molecule has 1 aliphatic rings. The average Bonchev–Trinajstić information content (AvgIpc) is 3.04. The van der Waals surface area contributed by atoms with Crippen molar-refractivity contribution in [2.75, 3.05) is 13.6 Å². The lowest BCUT2D eigenvalue weighted by molar-refractivity contribution is -0.121. The number of carbonyl (C=O) groups is 1. The fraction of sp³-hybridized carbons (Fsp3) is 0.462. The van der Waals surface area contributed by atoms with Crippen LogP contribution in [0.2, 0.25) is 0 Å². The number of benzene rings is 1. The standard InChI is InChI=1S/C13H16BrNO/c1-15(9-13(16)11-4-5-11)8-10-2-6-12(14)7-3-10/h2-3,6-7,11H,4-5,8-9H2,1H3. The SMILES string of the molecule is CN(CC(=O)C1CC1)Cc1ccc(Br)cc1. The third kappa shape index (κ3) is 3.42. The van der Waals surface area contributed by atoms with Crippen LogP contribution in [0.4, 0.5) is 0 Å². The third-order valence-corrected chi connectivity index (χ3v) is 3.35. The molecular weight excluding hydrogens is 266 g/mol. The van der Waals surface area contributed by atoms with E-state index in [-0.39, 0.29) is 0 Å². The number of Topliss-reactive ketones (excluding diaryl/α,β-unsaturated/α-hetero) is 1. The van der Waals surface area contributed by atoms with Crippen molar-refractivity contribution in [1.82, 2.24) is 4.90 Å². The van der Waals surface area contributed by atoms with Crippen LogP contribution in [-0.2, 0) is 11.3 Å². The lowest BCUT2D eigenvalue weighted by atomic mass is 10.2. The van der Waals surface area contributed by atoms with E-state index in [1.807, 2.05) is 19.2 Å². The minimum atomic E-state index is 0.368. The van der Waals surface area contributed by atoms with E-state index in [0.717, 1.165) is 23.9 Å². The number of carbonyl (C=O) groups excluding carboxylic acids is 1. The lowest BCUT2D eigenvalue weighted by Gasteiger charge is -2.15.